The van der Waals surface area contributed by atoms with Crippen LogP contribution in [0.2, 0.25) is 5.02 Å². The third-order valence-electron chi connectivity index (χ3n) is 2.58. The summed E-state index contributed by atoms with van der Waals surface area (Å²) in [5.74, 6) is -1.73. The molecule has 0 aliphatic heterocycles. The molecule has 2 aromatic rings. The third-order valence-corrected chi connectivity index (χ3v) is 2.81. The lowest BCUT2D eigenvalue weighted by Gasteiger charge is -2.08. The van der Waals surface area contributed by atoms with Crippen LogP contribution in [0.1, 0.15) is 21.0 Å². The second kappa shape index (κ2) is 7.85. The van der Waals surface area contributed by atoms with Gasteiger partial charge in [0.15, 0.2) is 0 Å². The molecule has 0 aromatic carbocycles. The second-order valence-corrected chi connectivity index (χ2v) is 4.70. The number of carbonyl (C=O) groups is 3. The Bertz CT molecular complexity index is 723. The van der Waals surface area contributed by atoms with E-state index in [-0.39, 0.29) is 17.9 Å². The number of rotatable bonds is 4. The van der Waals surface area contributed by atoms with Gasteiger partial charge in [0.25, 0.3) is 17.7 Å². The van der Waals surface area contributed by atoms with Crippen LogP contribution in [0.4, 0.5) is 0 Å². The van der Waals surface area contributed by atoms with Crippen LogP contribution in [0.3, 0.4) is 0 Å². The predicted octanol–water partition coefficient (Wildman–Crippen LogP) is 0.321. The molecule has 23 heavy (non-hydrogen) atoms. The van der Waals surface area contributed by atoms with Crippen LogP contribution in [0.5, 0.6) is 0 Å². The van der Waals surface area contributed by atoms with Crippen molar-refractivity contribution in [2.24, 2.45) is 0 Å². The number of nitrogens with one attached hydrogen (secondary N) is 3. The highest BCUT2D eigenvalue weighted by atomic mass is 35.5. The molecule has 0 radical (unpaired) electrons. The van der Waals surface area contributed by atoms with E-state index in [1.807, 2.05) is 0 Å². The molecule has 2 rings (SSSR count). The number of pyridine rings is 2. The maximum atomic E-state index is 11.8. The molecule has 3 N–H and O–H groups in total. The zero-order chi connectivity index (χ0) is 16.7. The van der Waals surface area contributed by atoms with Crippen LogP contribution < -0.4 is 16.2 Å². The SMILES string of the molecule is O=C(CNC(=O)c1cc(Cl)ccn1)NNC(=O)c1ccccn1. The van der Waals surface area contributed by atoms with E-state index in [0.717, 1.165) is 0 Å². The van der Waals surface area contributed by atoms with Gasteiger partial charge in [-0.2, -0.15) is 0 Å². The lowest BCUT2D eigenvalue weighted by molar-refractivity contribution is -0.120. The Labute approximate surface area is 136 Å². The van der Waals surface area contributed by atoms with Crippen molar-refractivity contribution in [1.82, 2.24) is 26.1 Å². The monoisotopic (exact) mass is 333 g/mol. The summed E-state index contributed by atoms with van der Waals surface area (Å²) >= 11 is 5.74. The van der Waals surface area contributed by atoms with Gasteiger partial charge in [0.2, 0.25) is 0 Å². The molecule has 3 amide bonds. The standard InChI is InChI=1S/C14H12ClN5O3/c15-9-4-6-17-11(7-9)13(22)18-8-12(21)19-20-14(23)10-3-1-2-5-16-10/h1-7H,8H2,(H,18,22)(H,19,21)(H,20,23). The Hall–Kier alpha value is -3.00. The molecule has 0 spiro atoms. The van der Waals surface area contributed by atoms with Crippen molar-refractivity contribution >= 4 is 29.3 Å². The summed E-state index contributed by atoms with van der Waals surface area (Å²) in [6, 6.07) is 7.70. The smallest absolute Gasteiger partial charge is 0.288 e. The second-order valence-electron chi connectivity index (χ2n) is 4.26. The van der Waals surface area contributed by atoms with Gasteiger partial charge in [0.05, 0.1) is 6.54 Å². The summed E-state index contributed by atoms with van der Waals surface area (Å²) < 4.78 is 0. The summed E-state index contributed by atoms with van der Waals surface area (Å²) in [5.41, 5.74) is 4.58. The summed E-state index contributed by atoms with van der Waals surface area (Å²) in [5, 5.41) is 2.71. The topological polar surface area (TPSA) is 113 Å². The number of carbonyl (C=O) groups excluding carboxylic acids is 3. The van der Waals surface area contributed by atoms with E-state index in [4.69, 9.17) is 11.6 Å². The van der Waals surface area contributed by atoms with Gasteiger partial charge in [-0.15, -0.1) is 0 Å². The van der Waals surface area contributed by atoms with Crippen molar-refractivity contribution in [2.75, 3.05) is 6.54 Å². The van der Waals surface area contributed by atoms with E-state index in [0.29, 0.717) is 5.02 Å². The maximum Gasteiger partial charge on any atom is 0.288 e. The van der Waals surface area contributed by atoms with Crippen molar-refractivity contribution < 1.29 is 14.4 Å². The van der Waals surface area contributed by atoms with E-state index in [2.05, 4.69) is 26.1 Å². The number of nitrogens with zero attached hydrogens (tertiary/aromatic N) is 2. The van der Waals surface area contributed by atoms with Crippen LogP contribution in [-0.4, -0.2) is 34.2 Å². The molecule has 8 nitrogen and oxygen atoms in total. The lowest BCUT2D eigenvalue weighted by atomic mass is 10.3. The normalized spacial score (nSPS) is 9.78. The summed E-state index contributed by atoms with van der Waals surface area (Å²) in [6.07, 6.45) is 2.83. The molecule has 0 saturated carbocycles. The Morgan fingerprint density at radius 3 is 2.43 bits per heavy atom. The van der Waals surface area contributed by atoms with Gasteiger partial charge in [-0.3, -0.25) is 35.2 Å². The first-order chi connectivity index (χ1) is 11.1. The van der Waals surface area contributed by atoms with Crippen molar-refractivity contribution in [2.45, 2.75) is 0 Å². The molecule has 0 fully saturated rings. The molecular weight excluding hydrogens is 322 g/mol. The first-order valence-electron chi connectivity index (χ1n) is 6.46. The molecule has 2 aromatic heterocycles. The molecule has 0 unspecified atom stereocenters. The Morgan fingerprint density at radius 2 is 1.74 bits per heavy atom. The van der Waals surface area contributed by atoms with Crippen molar-refractivity contribution in [3.8, 4) is 0 Å². The van der Waals surface area contributed by atoms with E-state index in [1.165, 1.54) is 30.6 Å². The van der Waals surface area contributed by atoms with Gasteiger partial charge in [-0.25, -0.2) is 0 Å². The van der Waals surface area contributed by atoms with Crippen molar-refractivity contribution in [3.63, 3.8) is 0 Å². The fraction of sp³-hybridized carbons (Fsp3) is 0.0714. The maximum absolute atomic E-state index is 11.8. The summed E-state index contributed by atoms with van der Waals surface area (Å²) in [4.78, 5) is 42.6. The molecular formula is C14H12ClN5O3. The molecule has 0 atom stereocenters. The molecule has 0 aliphatic carbocycles. The number of hydrogen-bond acceptors (Lipinski definition) is 5. The average molecular weight is 334 g/mol. The molecule has 2 heterocycles. The first kappa shape index (κ1) is 16.4. The summed E-state index contributed by atoms with van der Waals surface area (Å²) in [7, 11) is 0. The van der Waals surface area contributed by atoms with Crippen LogP contribution in [0, 0.1) is 0 Å². The Kier molecular flexibility index (Phi) is 5.59. The highest BCUT2D eigenvalue weighted by molar-refractivity contribution is 6.30. The van der Waals surface area contributed by atoms with Gasteiger partial charge in [0.1, 0.15) is 11.4 Å². The lowest BCUT2D eigenvalue weighted by Crippen LogP contribution is -2.46. The number of hydrogen-bond donors (Lipinski definition) is 3. The van der Waals surface area contributed by atoms with E-state index < -0.39 is 17.7 Å². The minimum atomic E-state index is -0.607. The molecule has 0 saturated heterocycles. The van der Waals surface area contributed by atoms with Crippen molar-refractivity contribution in [1.29, 1.82) is 0 Å². The highest BCUT2D eigenvalue weighted by Gasteiger charge is 2.11. The van der Waals surface area contributed by atoms with Crippen LogP contribution in [0.15, 0.2) is 42.7 Å². The first-order valence-corrected chi connectivity index (χ1v) is 6.84. The van der Waals surface area contributed by atoms with E-state index in [1.54, 1.807) is 12.1 Å². The molecule has 9 heteroatoms. The number of halogens is 1. The van der Waals surface area contributed by atoms with Crippen LogP contribution in [-0.2, 0) is 4.79 Å². The van der Waals surface area contributed by atoms with Gasteiger partial charge < -0.3 is 5.32 Å². The Balaban J connectivity index is 1.77. The number of aromatic nitrogens is 2. The third kappa shape index (κ3) is 5.04. The Morgan fingerprint density at radius 1 is 0.957 bits per heavy atom. The fourth-order valence-corrected chi connectivity index (χ4v) is 1.67. The average Bonchev–Trinajstić information content (AvgIpc) is 2.58. The quantitative estimate of drug-likeness (QED) is 0.697. The van der Waals surface area contributed by atoms with E-state index >= 15 is 0 Å². The minimum Gasteiger partial charge on any atom is -0.342 e. The molecule has 0 bridgehead atoms. The van der Waals surface area contributed by atoms with Gasteiger partial charge in [-0.05, 0) is 24.3 Å². The zero-order valence-corrected chi connectivity index (χ0v) is 12.5. The van der Waals surface area contributed by atoms with Crippen molar-refractivity contribution in [3.05, 3.63) is 59.1 Å². The zero-order valence-electron chi connectivity index (χ0n) is 11.7. The van der Waals surface area contributed by atoms with Gasteiger partial charge in [0, 0.05) is 17.4 Å². The van der Waals surface area contributed by atoms with Crippen LogP contribution in [0.25, 0.3) is 0 Å². The summed E-state index contributed by atoms with van der Waals surface area (Å²) in [6.45, 7) is -0.338. The highest BCUT2D eigenvalue weighted by Crippen LogP contribution is 2.07. The molecule has 118 valence electrons. The number of amides is 3. The largest absolute Gasteiger partial charge is 0.342 e. The van der Waals surface area contributed by atoms with Gasteiger partial charge in [-0.1, -0.05) is 17.7 Å². The van der Waals surface area contributed by atoms with Crippen LogP contribution >= 0.6 is 11.6 Å². The minimum absolute atomic E-state index is 0.0859. The van der Waals surface area contributed by atoms with E-state index in [9.17, 15) is 14.4 Å². The van der Waals surface area contributed by atoms with Gasteiger partial charge >= 0.3 is 0 Å². The number of hydrazine groups is 1. The molecule has 0 aliphatic rings. The predicted molar refractivity (Wildman–Crippen MR) is 81.4 cm³/mol. The fourth-order valence-electron chi connectivity index (χ4n) is 1.51.